The number of carbonyl (C=O) groups excluding carboxylic acids is 1. The molecular formula is C21H28N2O. The van der Waals surface area contributed by atoms with Crippen LogP contribution in [-0.4, -0.2) is 11.9 Å². The van der Waals surface area contributed by atoms with Crippen LogP contribution in [0.3, 0.4) is 0 Å². The first kappa shape index (κ1) is 18.1. The Balaban J connectivity index is 1.99. The number of nitrogens with one attached hydrogen (secondary N) is 1. The SMILES string of the molecule is CCC(NC(=O)CCc1ccccc1N)C(C)(C)c1ccccc1. The second-order valence-electron chi connectivity index (χ2n) is 6.81. The van der Waals surface area contributed by atoms with E-state index in [4.69, 9.17) is 5.73 Å². The molecule has 1 atom stereocenters. The summed E-state index contributed by atoms with van der Waals surface area (Å²) in [6.07, 6.45) is 2.01. The second-order valence-corrected chi connectivity index (χ2v) is 6.81. The quantitative estimate of drug-likeness (QED) is 0.754. The van der Waals surface area contributed by atoms with Gasteiger partial charge in [0.25, 0.3) is 0 Å². The third-order valence-corrected chi connectivity index (χ3v) is 4.81. The molecule has 0 aliphatic carbocycles. The highest BCUT2D eigenvalue weighted by atomic mass is 16.1. The highest BCUT2D eigenvalue weighted by Gasteiger charge is 2.30. The smallest absolute Gasteiger partial charge is 0.220 e. The maximum atomic E-state index is 12.4. The Bertz CT molecular complexity index is 665. The van der Waals surface area contributed by atoms with E-state index in [0.717, 1.165) is 17.7 Å². The van der Waals surface area contributed by atoms with Crippen molar-refractivity contribution in [1.29, 1.82) is 0 Å². The number of anilines is 1. The summed E-state index contributed by atoms with van der Waals surface area (Å²) in [4.78, 5) is 12.4. The van der Waals surface area contributed by atoms with E-state index in [1.165, 1.54) is 5.56 Å². The minimum absolute atomic E-state index is 0.0779. The molecule has 1 amide bonds. The van der Waals surface area contributed by atoms with Gasteiger partial charge in [0.15, 0.2) is 0 Å². The molecule has 0 saturated heterocycles. The summed E-state index contributed by atoms with van der Waals surface area (Å²) in [5.74, 6) is 0.0779. The largest absolute Gasteiger partial charge is 0.399 e. The standard InChI is InChI=1S/C21H28N2O/c1-4-19(21(2,3)17-11-6-5-7-12-17)23-20(24)15-14-16-10-8-9-13-18(16)22/h5-13,19H,4,14-15,22H2,1-3H3,(H,23,24). The maximum absolute atomic E-state index is 12.4. The minimum Gasteiger partial charge on any atom is -0.399 e. The summed E-state index contributed by atoms with van der Waals surface area (Å²) < 4.78 is 0. The number of nitrogens with two attached hydrogens (primary N) is 1. The molecule has 0 aliphatic heterocycles. The number of hydrogen-bond donors (Lipinski definition) is 2. The summed E-state index contributed by atoms with van der Waals surface area (Å²) in [7, 11) is 0. The van der Waals surface area contributed by atoms with Gasteiger partial charge in [0.1, 0.15) is 0 Å². The average Bonchev–Trinajstić information content (AvgIpc) is 2.59. The lowest BCUT2D eigenvalue weighted by Crippen LogP contribution is -2.47. The predicted molar refractivity (Wildman–Crippen MR) is 101 cm³/mol. The van der Waals surface area contributed by atoms with Gasteiger partial charge in [-0.3, -0.25) is 4.79 Å². The van der Waals surface area contributed by atoms with Crippen LogP contribution in [0.1, 0.15) is 44.7 Å². The van der Waals surface area contributed by atoms with Gasteiger partial charge >= 0.3 is 0 Å². The fourth-order valence-electron chi connectivity index (χ4n) is 3.14. The topological polar surface area (TPSA) is 55.1 Å². The third-order valence-electron chi connectivity index (χ3n) is 4.81. The van der Waals surface area contributed by atoms with Crippen molar-refractivity contribution < 1.29 is 4.79 Å². The van der Waals surface area contributed by atoms with Crippen LogP contribution in [0, 0.1) is 0 Å². The van der Waals surface area contributed by atoms with Crippen LogP contribution in [0.5, 0.6) is 0 Å². The fourth-order valence-corrected chi connectivity index (χ4v) is 3.14. The Morgan fingerprint density at radius 1 is 1.08 bits per heavy atom. The van der Waals surface area contributed by atoms with Crippen molar-refractivity contribution in [3.8, 4) is 0 Å². The molecule has 3 nitrogen and oxygen atoms in total. The summed E-state index contributed by atoms with van der Waals surface area (Å²) >= 11 is 0. The summed E-state index contributed by atoms with van der Waals surface area (Å²) in [5, 5.41) is 3.22. The predicted octanol–water partition coefficient (Wildman–Crippen LogP) is 4.07. The molecule has 2 aromatic carbocycles. The monoisotopic (exact) mass is 324 g/mol. The molecule has 128 valence electrons. The number of amides is 1. The fraction of sp³-hybridized carbons (Fsp3) is 0.381. The van der Waals surface area contributed by atoms with E-state index in [-0.39, 0.29) is 17.4 Å². The molecule has 3 N–H and O–H groups in total. The van der Waals surface area contributed by atoms with E-state index in [2.05, 4.69) is 38.2 Å². The molecule has 0 bridgehead atoms. The number of para-hydroxylation sites is 1. The first-order valence-electron chi connectivity index (χ1n) is 8.63. The van der Waals surface area contributed by atoms with E-state index < -0.39 is 0 Å². The molecule has 2 aromatic rings. The number of rotatable bonds is 7. The van der Waals surface area contributed by atoms with Crippen molar-refractivity contribution in [2.75, 3.05) is 5.73 Å². The Morgan fingerprint density at radius 2 is 1.71 bits per heavy atom. The zero-order valence-corrected chi connectivity index (χ0v) is 14.9. The number of aryl methyl sites for hydroxylation is 1. The lowest BCUT2D eigenvalue weighted by Gasteiger charge is -2.35. The molecule has 2 rings (SSSR count). The van der Waals surface area contributed by atoms with Crippen LogP contribution in [0.25, 0.3) is 0 Å². The van der Waals surface area contributed by atoms with Gasteiger partial charge in [0.05, 0.1) is 0 Å². The normalized spacial score (nSPS) is 12.6. The van der Waals surface area contributed by atoms with Crippen LogP contribution in [0.15, 0.2) is 54.6 Å². The number of nitrogen functional groups attached to an aromatic ring is 1. The molecule has 0 aromatic heterocycles. The zero-order valence-electron chi connectivity index (χ0n) is 14.9. The van der Waals surface area contributed by atoms with Gasteiger partial charge in [-0.25, -0.2) is 0 Å². The van der Waals surface area contributed by atoms with Crippen molar-refractivity contribution in [2.24, 2.45) is 0 Å². The Morgan fingerprint density at radius 3 is 2.33 bits per heavy atom. The van der Waals surface area contributed by atoms with Gasteiger partial charge in [-0.1, -0.05) is 69.3 Å². The maximum Gasteiger partial charge on any atom is 0.220 e. The van der Waals surface area contributed by atoms with E-state index in [9.17, 15) is 4.79 Å². The molecule has 0 radical (unpaired) electrons. The van der Waals surface area contributed by atoms with Crippen molar-refractivity contribution in [3.63, 3.8) is 0 Å². The van der Waals surface area contributed by atoms with Gasteiger partial charge in [-0.15, -0.1) is 0 Å². The highest BCUT2D eigenvalue weighted by molar-refractivity contribution is 5.77. The van der Waals surface area contributed by atoms with Crippen LogP contribution < -0.4 is 11.1 Å². The molecule has 0 saturated carbocycles. The molecule has 3 heteroatoms. The molecule has 0 fully saturated rings. The number of carbonyl (C=O) groups is 1. The van der Waals surface area contributed by atoms with Gasteiger partial charge < -0.3 is 11.1 Å². The van der Waals surface area contributed by atoms with Crippen molar-refractivity contribution >= 4 is 11.6 Å². The average molecular weight is 324 g/mol. The summed E-state index contributed by atoms with van der Waals surface area (Å²) in [6, 6.07) is 18.2. The second kappa shape index (κ2) is 8.00. The van der Waals surface area contributed by atoms with E-state index in [1.54, 1.807) is 0 Å². The lowest BCUT2D eigenvalue weighted by atomic mass is 9.76. The number of benzene rings is 2. The highest BCUT2D eigenvalue weighted by Crippen LogP contribution is 2.28. The van der Waals surface area contributed by atoms with Gasteiger partial charge in [0.2, 0.25) is 5.91 Å². The summed E-state index contributed by atoms with van der Waals surface area (Å²) in [5.41, 5.74) is 8.86. The lowest BCUT2D eigenvalue weighted by molar-refractivity contribution is -0.122. The third kappa shape index (κ3) is 4.38. The van der Waals surface area contributed by atoms with Crippen LogP contribution in [0.2, 0.25) is 0 Å². The Hall–Kier alpha value is -2.29. The number of hydrogen-bond acceptors (Lipinski definition) is 2. The Kier molecular flexibility index (Phi) is 6.02. The molecule has 0 heterocycles. The van der Waals surface area contributed by atoms with Crippen molar-refractivity contribution in [2.45, 2.75) is 51.5 Å². The molecule has 1 unspecified atom stereocenters. The molecular weight excluding hydrogens is 296 g/mol. The van der Waals surface area contributed by atoms with Crippen LogP contribution in [-0.2, 0) is 16.6 Å². The minimum atomic E-state index is -0.114. The van der Waals surface area contributed by atoms with E-state index in [0.29, 0.717) is 12.8 Å². The summed E-state index contributed by atoms with van der Waals surface area (Å²) in [6.45, 7) is 6.49. The van der Waals surface area contributed by atoms with E-state index in [1.807, 2.05) is 42.5 Å². The Labute approximate surface area is 145 Å². The van der Waals surface area contributed by atoms with E-state index >= 15 is 0 Å². The van der Waals surface area contributed by atoms with Crippen molar-refractivity contribution in [3.05, 3.63) is 65.7 Å². The van der Waals surface area contributed by atoms with Crippen LogP contribution in [0.4, 0.5) is 5.69 Å². The molecule has 24 heavy (non-hydrogen) atoms. The van der Waals surface area contributed by atoms with Crippen LogP contribution >= 0.6 is 0 Å². The first-order valence-corrected chi connectivity index (χ1v) is 8.63. The van der Waals surface area contributed by atoms with Gasteiger partial charge in [-0.2, -0.15) is 0 Å². The zero-order chi connectivity index (χ0) is 17.6. The molecule has 0 aliphatic rings. The van der Waals surface area contributed by atoms with Gasteiger partial charge in [-0.05, 0) is 30.0 Å². The van der Waals surface area contributed by atoms with Crippen molar-refractivity contribution in [1.82, 2.24) is 5.32 Å². The first-order chi connectivity index (χ1) is 11.4. The van der Waals surface area contributed by atoms with Gasteiger partial charge in [0, 0.05) is 23.6 Å². The molecule has 0 spiro atoms.